The lowest BCUT2D eigenvalue weighted by Crippen LogP contribution is -1.93. The number of hydrogen-bond donors (Lipinski definition) is 1. The van der Waals surface area contributed by atoms with Crippen molar-refractivity contribution in [2.75, 3.05) is 5.73 Å². The van der Waals surface area contributed by atoms with E-state index in [0.29, 0.717) is 22.3 Å². The molecule has 0 fully saturated rings. The number of rotatable bonds is 2. The Balaban J connectivity index is 2.06. The summed E-state index contributed by atoms with van der Waals surface area (Å²) in [5, 5.41) is 1.27. The van der Waals surface area contributed by atoms with Crippen molar-refractivity contribution in [1.29, 1.82) is 0 Å². The van der Waals surface area contributed by atoms with Gasteiger partial charge < -0.3 is 10.5 Å². The van der Waals surface area contributed by atoms with Gasteiger partial charge in [0.25, 0.3) is 0 Å². The van der Waals surface area contributed by atoms with Gasteiger partial charge in [-0.15, -0.1) is 0 Å². The molecule has 2 N–H and O–H groups in total. The maximum Gasteiger partial charge on any atom is 0.230 e. The van der Waals surface area contributed by atoms with E-state index in [-0.39, 0.29) is 0 Å². The van der Waals surface area contributed by atoms with Gasteiger partial charge in [-0.3, -0.25) is 4.98 Å². The van der Waals surface area contributed by atoms with Crippen LogP contribution in [-0.4, -0.2) is 15.0 Å². The van der Waals surface area contributed by atoms with Crippen molar-refractivity contribution < 1.29 is 4.74 Å². The molecule has 0 amide bonds. The van der Waals surface area contributed by atoms with Crippen LogP contribution in [0.4, 0.5) is 5.69 Å². The topological polar surface area (TPSA) is 73.9 Å². The number of pyridine rings is 1. The molecule has 1 aromatic carbocycles. The highest BCUT2D eigenvalue weighted by Crippen LogP contribution is 2.28. The molecule has 2 heterocycles. The van der Waals surface area contributed by atoms with E-state index < -0.39 is 0 Å². The SMILES string of the molecule is Nc1ccc2c(Oc3cncc(Cl)c3)ncnc2c1. The molecule has 3 aromatic rings. The van der Waals surface area contributed by atoms with Gasteiger partial charge in [-0.1, -0.05) is 11.6 Å². The first kappa shape index (κ1) is 11.7. The summed E-state index contributed by atoms with van der Waals surface area (Å²) in [6, 6.07) is 7.02. The molecular weight excluding hydrogens is 264 g/mol. The molecule has 0 radical (unpaired) electrons. The Morgan fingerprint density at radius 3 is 2.84 bits per heavy atom. The Morgan fingerprint density at radius 2 is 2.00 bits per heavy atom. The van der Waals surface area contributed by atoms with Crippen LogP contribution in [0, 0.1) is 0 Å². The molecule has 0 aliphatic heterocycles. The Morgan fingerprint density at radius 1 is 1.11 bits per heavy atom. The Bertz CT molecular complexity index is 748. The first-order valence-electron chi connectivity index (χ1n) is 5.51. The average molecular weight is 273 g/mol. The fraction of sp³-hybridized carbons (Fsp3) is 0. The van der Waals surface area contributed by atoms with Crippen LogP contribution in [0.5, 0.6) is 11.6 Å². The maximum atomic E-state index is 5.86. The molecule has 0 saturated carbocycles. The van der Waals surface area contributed by atoms with Crippen molar-refractivity contribution >= 4 is 28.2 Å². The molecule has 2 aromatic heterocycles. The fourth-order valence-electron chi connectivity index (χ4n) is 1.69. The van der Waals surface area contributed by atoms with E-state index in [2.05, 4.69) is 15.0 Å². The molecule has 19 heavy (non-hydrogen) atoms. The Hall–Kier alpha value is -2.40. The molecular formula is C13H9ClN4O. The molecule has 0 aliphatic carbocycles. The third-order valence-corrected chi connectivity index (χ3v) is 2.73. The Kier molecular flexibility index (Phi) is 2.89. The number of nitrogen functional groups attached to an aromatic ring is 1. The summed E-state index contributed by atoms with van der Waals surface area (Å²) in [5.74, 6) is 0.957. The second-order valence-electron chi connectivity index (χ2n) is 3.90. The zero-order valence-electron chi connectivity index (χ0n) is 9.75. The van der Waals surface area contributed by atoms with E-state index >= 15 is 0 Å². The van der Waals surface area contributed by atoms with Crippen LogP contribution >= 0.6 is 11.6 Å². The highest BCUT2D eigenvalue weighted by atomic mass is 35.5. The second-order valence-corrected chi connectivity index (χ2v) is 4.33. The standard InChI is InChI=1S/C13H9ClN4O/c14-8-3-10(6-16-5-8)19-13-11-2-1-9(15)4-12(11)17-7-18-13/h1-7H,15H2. The van der Waals surface area contributed by atoms with Crippen molar-refractivity contribution in [1.82, 2.24) is 15.0 Å². The molecule has 0 atom stereocenters. The number of ether oxygens (including phenoxy) is 1. The van der Waals surface area contributed by atoms with Gasteiger partial charge in [-0.2, -0.15) is 0 Å². The van der Waals surface area contributed by atoms with Crippen LogP contribution in [0.3, 0.4) is 0 Å². The van der Waals surface area contributed by atoms with Gasteiger partial charge in [-0.05, 0) is 18.2 Å². The maximum absolute atomic E-state index is 5.86. The number of hydrogen-bond acceptors (Lipinski definition) is 5. The molecule has 6 heteroatoms. The molecule has 0 saturated heterocycles. The van der Waals surface area contributed by atoms with Gasteiger partial charge in [0.15, 0.2) is 0 Å². The Labute approximate surface area is 114 Å². The van der Waals surface area contributed by atoms with E-state index in [9.17, 15) is 0 Å². The third-order valence-electron chi connectivity index (χ3n) is 2.52. The van der Waals surface area contributed by atoms with Crippen LogP contribution in [0.1, 0.15) is 0 Å². The molecule has 0 bridgehead atoms. The summed E-state index contributed by atoms with van der Waals surface area (Å²) in [4.78, 5) is 12.2. The quantitative estimate of drug-likeness (QED) is 0.726. The highest BCUT2D eigenvalue weighted by Gasteiger charge is 2.07. The van der Waals surface area contributed by atoms with Crippen molar-refractivity contribution in [3.05, 3.63) is 48.0 Å². The summed E-state index contributed by atoms with van der Waals surface area (Å²) in [6.45, 7) is 0. The van der Waals surface area contributed by atoms with Crippen LogP contribution in [0.2, 0.25) is 5.02 Å². The van der Waals surface area contributed by atoms with Gasteiger partial charge in [0.1, 0.15) is 12.1 Å². The van der Waals surface area contributed by atoms with Crippen molar-refractivity contribution in [3.63, 3.8) is 0 Å². The van der Waals surface area contributed by atoms with Crippen LogP contribution in [-0.2, 0) is 0 Å². The smallest absolute Gasteiger partial charge is 0.230 e. The molecule has 0 unspecified atom stereocenters. The molecule has 5 nitrogen and oxygen atoms in total. The first-order chi connectivity index (χ1) is 9.22. The number of aromatic nitrogens is 3. The van der Waals surface area contributed by atoms with Gasteiger partial charge in [0, 0.05) is 18.0 Å². The second kappa shape index (κ2) is 4.70. The van der Waals surface area contributed by atoms with Crippen LogP contribution in [0.15, 0.2) is 43.0 Å². The van der Waals surface area contributed by atoms with Gasteiger partial charge in [0.05, 0.1) is 22.1 Å². The number of fused-ring (bicyclic) bond motifs is 1. The van der Waals surface area contributed by atoms with Crippen molar-refractivity contribution in [3.8, 4) is 11.6 Å². The number of nitrogens with zero attached hydrogens (tertiary/aromatic N) is 3. The average Bonchev–Trinajstić information content (AvgIpc) is 2.38. The van der Waals surface area contributed by atoms with E-state index in [1.807, 2.05) is 6.07 Å². The normalized spacial score (nSPS) is 10.6. The summed E-state index contributed by atoms with van der Waals surface area (Å²) in [6.07, 6.45) is 4.53. The van der Waals surface area contributed by atoms with E-state index in [1.165, 1.54) is 12.5 Å². The first-order valence-corrected chi connectivity index (χ1v) is 5.89. The molecule has 0 aliphatic rings. The number of nitrogens with two attached hydrogens (primary N) is 1. The fourth-order valence-corrected chi connectivity index (χ4v) is 1.85. The van der Waals surface area contributed by atoms with Gasteiger partial charge in [-0.25, -0.2) is 9.97 Å². The lowest BCUT2D eigenvalue weighted by Gasteiger charge is -2.07. The summed E-state index contributed by atoms with van der Waals surface area (Å²) in [5.41, 5.74) is 7.08. The predicted octanol–water partition coefficient (Wildman–Crippen LogP) is 3.05. The monoisotopic (exact) mass is 272 g/mol. The van der Waals surface area contributed by atoms with Crippen LogP contribution in [0.25, 0.3) is 10.9 Å². The largest absolute Gasteiger partial charge is 0.437 e. The van der Waals surface area contributed by atoms with Crippen molar-refractivity contribution in [2.24, 2.45) is 0 Å². The minimum absolute atomic E-state index is 0.439. The lowest BCUT2D eigenvalue weighted by atomic mass is 10.2. The lowest BCUT2D eigenvalue weighted by molar-refractivity contribution is 0.466. The highest BCUT2D eigenvalue weighted by molar-refractivity contribution is 6.30. The summed E-state index contributed by atoms with van der Waals surface area (Å²) < 4.78 is 5.67. The van der Waals surface area contributed by atoms with E-state index in [4.69, 9.17) is 22.1 Å². The van der Waals surface area contributed by atoms with E-state index in [0.717, 1.165) is 10.9 Å². The third kappa shape index (κ3) is 2.41. The van der Waals surface area contributed by atoms with E-state index in [1.54, 1.807) is 24.4 Å². The number of benzene rings is 1. The minimum atomic E-state index is 0.439. The van der Waals surface area contributed by atoms with Gasteiger partial charge >= 0.3 is 0 Å². The number of anilines is 1. The van der Waals surface area contributed by atoms with Crippen molar-refractivity contribution in [2.45, 2.75) is 0 Å². The number of halogens is 1. The molecule has 0 spiro atoms. The molecule has 3 rings (SSSR count). The summed E-state index contributed by atoms with van der Waals surface area (Å²) >= 11 is 5.86. The predicted molar refractivity (Wildman–Crippen MR) is 73.3 cm³/mol. The zero-order chi connectivity index (χ0) is 13.2. The summed E-state index contributed by atoms with van der Waals surface area (Å²) in [7, 11) is 0. The minimum Gasteiger partial charge on any atom is -0.437 e. The molecule has 94 valence electrons. The van der Waals surface area contributed by atoms with Crippen LogP contribution < -0.4 is 10.5 Å². The zero-order valence-corrected chi connectivity index (χ0v) is 10.5. The van der Waals surface area contributed by atoms with Gasteiger partial charge in [0.2, 0.25) is 5.88 Å².